The number of rotatable bonds is 4. The molecule has 0 aliphatic carbocycles. The summed E-state index contributed by atoms with van der Waals surface area (Å²) in [5.74, 6) is 1.96. The van der Waals surface area contributed by atoms with Crippen LogP contribution in [0.25, 0.3) is 0 Å². The van der Waals surface area contributed by atoms with Crippen LogP contribution in [0.1, 0.15) is 35.3 Å². The van der Waals surface area contributed by atoms with Crippen molar-refractivity contribution in [3.63, 3.8) is 0 Å². The summed E-state index contributed by atoms with van der Waals surface area (Å²) in [7, 11) is 0. The molecule has 3 heterocycles. The summed E-state index contributed by atoms with van der Waals surface area (Å²) in [6.07, 6.45) is -0.182. The minimum Gasteiger partial charge on any atom is -0.464 e. The minimum atomic E-state index is -0.182. The third-order valence-electron chi connectivity index (χ3n) is 4.02. The van der Waals surface area contributed by atoms with E-state index in [9.17, 15) is 4.79 Å². The van der Waals surface area contributed by atoms with Crippen molar-refractivity contribution < 1.29 is 13.9 Å². The van der Waals surface area contributed by atoms with Gasteiger partial charge in [0.15, 0.2) is 0 Å². The number of morpholine rings is 1. The lowest BCUT2D eigenvalue weighted by Crippen LogP contribution is -2.47. The van der Waals surface area contributed by atoms with E-state index in [0.717, 1.165) is 11.5 Å². The summed E-state index contributed by atoms with van der Waals surface area (Å²) in [6, 6.07) is 7.94. The van der Waals surface area contributed by atoms with Crippen molar-refractivity contribution in [2.24, 2.45) is 0 Å². The van der Waals surface area contributed by atoms with E-state index < -0.39 is 0 Å². The Morgan fingerprint density at radius 1 is 1.48 bits per heavy atom. The van der Waals surface area contributed by atoms with Crippen LogP contribution in [0.2, 0.25) is 0 Å². The monoisotopic (exact) mass is 334 g/mol. The molecule has 2 aromatic heterocycles. The summed E-state index contributed by atoms with van der Waals surface area (Å²) >= 11 is 1.72. The number of hydrogen-bond donors (Lipinski definition) is 1. The second-order valence-corrected chi connectivity index (χ2v) is 6.84. The second kappa shape index (κ2) is 7.19. The van der Waals surface area contributed by atoms with Gasteiger partial charge in [-0.05, 0) is 30.5 Å². The first-order valence-corrected chi connectivity index (χ1v) is 8.75. The van der Waals surface area contributed by atoms with Crippen LogP contribution in [0.4, 0.5) is 4.79 Å². The molecule has 2 atom stereocenters. The lowest BCUT2D eigenvalue weighted by molar-refractivity contribution is -0.0263. The lowest BCUT2D eigenvalue weighted by atomic mass is 10.1. The molecule has 0 unspecified atom stereocenters. The normalized spacial score (nSPS) is 19.6. The Morgan fingerprint density at radius 3 is 3.04 bits per heavy atom. The molecule has 1 aliphatic heterocycles. The van der Waals surface area contributed by atoms with Crippen LogP contribution in [0.3, 0.4) is 0 Å². The van der Waals surface area contributed by atoms with Crippen molar-refractivity contribution in [3.8, 4) is 0 Å². The SMILES string of the molecule is Cc1ccc([C@H]2CN(C(=O)NC[C@H](C)c3cccs3)CCO2)o1. The van der Waals surface area contributed by atoms with E-state index >= 15 is 0 Å². The maximum atomic E-state index is 12.4. The first-order valence-electron chi connectivity index (χ1n) is 7.87. The quantitative estimate of drug-likeness (QED) is 0.930. The molecule has 3 rings (SSSR count). The van der Waals surface area contributed by atoms with Crippen LogP contribution in [0.5, 0.6) is 0 Å². The molecule has 0 spiro atoms. The molecule has 1 saturated heterocycles. The molecule has 1 aliphatic rings. The number of carbonyl (C=O) groups excluding carboxylic acids is 1. The van der Waals surface area contributed by atoms with Gasteiger partial charge in [-0.2, -0.15) is 0 Å². The van der Waals surface area contributed by atoms with E-state index in [1.54, 1.807) is 16.2 Å². The van der Waals surface area contributed by atoms with Crippen molar-refractivity contribution >= 4 is 17.4 Å². The summed E-state index contributed by atoms with van der Waals surface area (Å²) in [5, 5.41) is 5.09. The zero-order valence-corrected chi connectivity index (χ0v) is 14.3. The summed E-state index contributed by atoms with van der Waals surface area (Å²) in [5.41, 5.74) is 0. The van der Waals surface area contributed by atoms with Crippen LogP contribution in [-0.4, -0.2) is 37.2 Å². The predicted molar refractivity (Wildman–Crippen MR) is 89.8 cm³/mol. The summed E-state index contributed by atoms with van der Waals surface area (Å²) in [4.78, 5) is 15.5. The number of amides is 2. The maximum Gasteiger partial charge on any atom is 0.317 e. The number of nitrogens with one attached hydrogen (secondary N) is 1. The van der Waals surface area contributed by atoms with Crippen LogP contribution in [0, 0.1) is 6.92 Å². The molecular formula is C17H22N2O3S. The highest BCUT2D eigenvalue weighted by Gasteiger charge is 2.27. The van der Waals surface area contributed by atoms with Gasteiger partial charge in [-0.25, -0.2) is 4.79 Å². The van der Waals surface area contributed by atoms with Crippen LogP contribution < -0.4 is 5.32 Å². The van der Waals surface area contributed by atoms with Crippen LogP contribution >= 0.6 is 11.3 Å². The van der Waals surface area contributed by atoms with Gasteiger partial charge >= 0.3 is 6.03 Å². The molecule has 6 heteroatoms. The number of thiophene rings is 1. The molecular weight excluding hydrogens is 312 g/mol. The third-order valence-corrected chi connectivity index (χ3v) is 5.12. The fourth-order valence-electron chi connectivity index (χ4n) is 2.66. The Bertz CT molecular complexity index is 638. The van der Waals surface area contributed by atoms with Crippen molar-refractivity contribution in [2.75, 3.05) is 26.2 Å². The molecule has 0 saturated carbocycles. The van der Waals surface area contributed by atoms with E-state index in [2.05, 4.69) is 23.7 Å². The van der Waals surface area contributed by atoms with Gasteiger partial charge in [0.2, 0.25) is 0 Å². The largest absolute Gasteiger partial charge is 0.464 e. The van der Waals surface area contributed by atoms with Gasteiger partial charge in [-0.3, -0.25) is 0 Å². The van der Waals surface area contributed by atoms with Gasteiger partial charge in [0.25, 0.3) is 0 Å². The molecule has 1 fully saturated rings. The molecule has 2 aromatic rings. The Labute approximate surface area is 140 Å². The Hall–Kier alpha value is -1.79. The van der Waals surface area contributed by atoms with Gasteiger partial charge in [0, 0.05) is 23.9 Å². The highest BCUT2D eigenvalue weighted by Crippen LogP contribution is 2.24. The van der Waals surface area contributed by atoms with Gasteiger partial charge < -0.3 is 19.4 Å². The zero-order valence-electron chi connectivity index (χ0n) is 13.5. The van der Waals surface area contributed by atoms with Gasteiger partial charge in [0.1, 0.15) is 17.6 Å². The fraction of sp³-hybridized carbons (Fsp3) is 0.471. The van der Waals surface area contributed by atoms with E-state index in [1.807, 2.05) is 25.1 Å². The van der Waals surface area contributed by atoms with E-state index in [0.29, 0.717) is 32.2 Å². The summed E-state index contributed by atoms with van der Waals surface area (Å²) < 4.78 is 11.3. The second-order valence-electron chi connectivity index (χ2n) is 5.86. The fourth-order valence-corrected chi connectivity index (χ4v) is 3.44. The van der Waals surface area contributed by atoms with E-state index in [4.69, 9.17) is 9.15 Å². The average Bonchev–Trinajstić information content (AvgIpc) is 3.24. The van der Waals surface area contributed by atoms with Crippen molar-refractivity contribution in [3.05, 3.63) is 46.0 Å². The van der Waals surface area contributed by atoms with E-state index in [-0.39, 0.29) is 12.1 Å². The molecule has 23 heavy (non-hydrogen) atoms. The van der Waals surface area contributed by atoms with Gasteiger partial charge in [0.05, 0.1) is 13.2 Å². The van der Waals surface area contributed by atoms with Crippen molar-refractivity contribution in [1.82, 2.24) is 10.2 Å². The Balaban J connectivity index is 1.53. The summed E-state index contributed by atoms with van der Waals surface area (Å²) in [6.45, 7) is 6.32. The number of carbonyl (C=O) groups is 1. The van der Waals surface area contributed by atoms with Crippen LogP contribution in [-0.2, 0) is 4.74 Å². The number of urea groups is 1. The van der Waals surface area contributed by atoms with Crippen molar-refractivity contribution in [2.45, 2.75) is 25.9 Å². The lowest BCUT2D eigenvalue weighted by Gasteiger charge is -2.32. The van der Waals surface area contributed by atoms with Gasteiger partial charge in [-0.1, -0.05) is 13.0 Å². The van der Waals surface area contributed by atoms with Gasteiger partial charge in [-0.15, -0.1) is 11.3 Å². The Morgan fingerprint density at radius 2 is 2.35 bits per heavy atom. The maximum absolute atomic E-state index is 12.4. The highest BCUT2D eigenvalue weighted by atomic mass is 32.1. The minimum absolute atomic E-state index is 0.0371. The smallest absolute Gasteiger partial charge is 0.317 e. The highest BCUT2D eigenvalue weighted by molar-refractivity contribution is 7.10. The molecule has 124 valence electrons. The zero-order chi connectivity index (χ0) is 16.2. The Kier molecular flexibility index (Phi) is 5.03. The topological polar surface area (TPSA) is 54.7 Å². The molecule has 0 bridgehead atoms. The number of furan rings is 1. The number of aryl methyl sites for hydroxylation is 1. The molecule has 1 N–H and O–H groups in total. The van der Waals surface area contributed by atoms with Crippen molar-refractivity contribution in [1.29, 1.82) is 0 Å². The number of hydrogen-bond acceptors (Lipinski definition) is 4. The average molecular weight is 334 g/mol. The predicted octanol–water partition coefficient (Wildman–Crippen LogP) is 3.54. The molecule has 0 radical (unpaired) electrons. The number of ether oxygens (including phenoxy) is 1. The third kappa shape index (κ3) is 3.95. The first-order chi connectivity index (χ1) is 11.1. The molecule has 0 aromatic carbocycles. The molecule has 2 amide bonds. The number of nitrogens with zero attached hydrogens (tertiary/aromatic N) is 1. The standard InChI is InChI=1S/C17H22N2O3S/c1-12(16-4-3-9-23-16)10-18-17(20)19-7-8-21-15(11-19)14-6-5-13(2)22-14/h3-6,9,12,15H,7-8,10-11H2,1-2H3,(H,18,20)/t12-,15+/m0/s1. The van der Waals surface area contributed by atoms with Crippen LogP contribution in [0.15, 0.2) is 34.1 Å². The molecule has 5 nitrogen and oxygen atoms in total. The van der Waals surface area contributed by atoms with E-state index in [1.165, 1.54) is 4.88 Å². The first kappa shape index (κ1) is 16.1.